The maximum atomic E-state index is 13.7. The average Bonchev–Trinajstić information content (AvgIpc) is 2.76. The first-order chi connectivity index (χ1) is 15.1. The normalized spacial score (nSPS) is 12.3. The largest absolute Gasteiger partial charge is 0.348 e. The van der Waals surface area contributed by atoms with Crippen molar-refractivity contribution >= 4 is 33.2 Å². The van der Waals surface area contributed by atoms with Gasteiger partial charge >= 0.3 is 0 Å². The topological polar surface area (TPSA) is 66.5 Å². The van der Waals surface area contributed by atoms with Crippen LogP contribution in [0.5, 0.6) is 0 Å². The van der Waals surface area contributed by atoms with E-state index < -0.39 is 28.3 Å². The minimum absolute atomic E-state index is 0.00968. The minimum Gasteiger partial charge on any atom is -0.348 e. The van der Waals surface area contributed by atoms with Crippen LogP contribution in [0, 0.1) is 19.7 Å². The summed E-state index contributed by atoms with van der Waals surface area (Å²) in [4.78, 5) is 12.9. The molecule has 1 atom stereocenters. The lowest BCUT2D eigenvalue weighted by molar-refractivity contribution is -0.120. The van der Waals surface area contributed by atoms with Gasteiger partial charge in [0.1, 0.15) is 12.4 Å². The molecular weight excluding hydrogens is 451 g/mol. The smallest absolute Gasteiger partial charge is 0.264 e. The highest BCUT2D eigenvalue weighted by Gasteiger charge is 2.28. The molecule has 0 bridgehead atoms. The van der Waals surface area contributed by atoms with Crippen molar-refractivity contribution < 1.29 is 17.6 Å². The monoisotopic (exact) mass is 474 g/mol. The summed E-state index contributed by atoms with van der Waals surface area (Å²) in [6, 6.07) is 16.8. The predicted octanol–water partition coefficient (Wildman–Crippen LogP) is 5.17. The second-order valence-corrected chi connectivity index (χ2v) is 9.83. The van der Waals surface area contributed by atoms with E-state index in [2.05, 4.69) is 5.32 Å². The van der Waals surface area contributed by atoms with Crippen LogP contribution in [0.1, 0.15) is 29.7 Å². The molecule has 0 radical (unpaired) electrons. The molecule has 0 aliphatic rings. The number of nitrogens with zero attached hydrogens (tertiary/aromatic N) is 1. The number of halogens is 2. The van der Waals surface area contributed by atoms with Crippen LogP contribution in [0.25, 0.3) is 0 Å². The molecule has 8 heteroatoms. The van der Waals surface area contributed by atoms with Crippen molar-refractivity contribution in [2.45, 2.75) is 31.7 Å². The molecule has 0 heterocycles. The highest BCUT2D eigenvalue weighted by Crippen LogP contribution is 2.28. The van der Waals surface area contributed by atoms with Crippen LogP contribution in [0.15, 0.2) is 71.6 Å². The third kappa shape index (κ3) is 5.29. The number of benzene rings is 3. The summed E-state index contributed by atoms with van der Waals surface area (Å²) in [6.07, 6.45) is 0. The molecular formula is C24H24ClFN2O3S. The zero-order valence-electron chi connectivity index (χ0n) is 18.0. The maximum absolute atomic E-state index is 13.7. The Bertz CT molecular complexity index is 1230. The van der Waals surface area contributed by atoms with Gasteiger partial charge in [-0.1, -0.05) is 48.0 Å². The number of rotatable bonds is 7. The Kier molecular flexibility index (Phi) is 7.21. The highest BCUT2D eigenvalue weighted by molar-refractivity contribution is 7.92. The fraction of sp³-hybridized carbons (Fsp3) is 0.208. The summed E-state index contributed by atoms with van der Waals surface area (Å²) in [5.74, 6) is -1.18. The second kappa shape index (κ2) is 9.71. The van der Waals surface area contributed by atoms with E-state index >= 15 is 0 Å². The van der Waals surface area contributed by atoms with E-state index in [-0.39, 0.29) is 21.6 Å². The van der Waals surface area contributed by atoms with Gasteiger partial charge in [-0.2, -0.15) is 0 Å². The fourth-order valence-electron chi connectivity index (χ4n) is 3.21. The number of amides is 1. The molecule has 0 aromatic heterocycles. The molecule has 0 spiro atoms. The minimum atomic E-state index is -4.10. The van der Waals surface area contributed by atoms with Crippen LogP contribution in [0.2, 0.25) is 5.02 Å². The molecule has 3 aromatic rings. The van der Waals surface area contributed by atoms with Crippen molar-refractivity contribution in [3.8, 4) is 0 Å². The van der Waals surface area contributed by atoms with Crippen molar-refractivity contribution in [1.29, 1.82) is 0 Å². The van der Waals surface area contributed by atoms with Gasteiger partial charge in [0, 0.05) is 0 Å². The van der Waals surface area contributed by atoms with Crippen molar-refractivity contribution in [2.24, 2.45) is 0 Å². The first-order valence-corrected chi connectivity index (χ1v) is 11.8. The zero-order chi connectivity index (χ0) is 23.5. The Balaban J connectivity index is 1.90. The van der Waals surface area contributed by atoms with Crippen LogP contribution in [0.3, 0.4) is 0 Å². The predicted molar refractivity (Wildman–Crippen MR) is 125 cm³/mol. The summed E-state index contributed by atoms with van der Waals surface area (Å²) in [5.41, 5.74) is 3.23. The number of sulfonamides is 1. The first-order valence-electron chi connectivity index (χ1n) is 9.99. The van der Waals surface area contributed by atoms with E-state index in [1.54, 1.807) is 18.2 Å². The van der Waals surface area contributed by atoms with Gasteiger partial charge in [0.15, 0.2) is 0 Å². The number of hydrogen-bond acceptors (Lipinski definition) is 3. The number of aryl methyl sites for hydroxylation is 2. The van der Waals surface area contributed by atoms with E-state index in [1.807, 2.05) is 39.0 Å². The van der Waals surface area contributed by atoms with Gasteiger partial charge < -0.3 is 5.32 Å². The van der Waals surface area contributed by atoms with E-state index in [1.165, 1.54) is 24.3 Å². The Labute approximate surface area is 192 Å². The quantitative estimate of drug-likeness (QED) is 0.513. The van der Waals surface area contributed by atoms with E-state index in [0.29, 0.717) is 0 Å². The van der Waals surface area contributed by atoms with Gasteiger partial charge in [-0.3, -0.25) is 9.10 Å². The number of carbonyl (C=O) groups is 1. The fourth-order valence-corrected chi connectivity index (χ4v) is 4.82. The van der Waals surface area contributed by atoms with Crippen molar-refractivity contribution in [3.63, 3.8) is 0 Å². The van der Waals surface area contributed by atoms with Gasteiger partial charge in [0.2, 0.25) is 5.91 Å². The Morgan fingerprint density at radius 1 is 1.03 bits per heavy atom. The molecule has 0 aliphatic carbocycles. The third-order valence-electron chi connectivity index (χ3n) is 5.22. The lowest BCUT2D eigenvalue weighted by Gasteiger charge is -2.25. The molecule has 0 fully saturated rings. The van der Waals surface area contributed by atoms with Crippen LogP contribution in [-0.2, 0) is 14.8 Å². The molecule has 1 amide bonds. The average molecular weight is 475 g/mol. The number of anilines is 1. The lowest BCUT2D eigenvalue weighted by Crippen LogP contribution is -2.41. The summed E-state index contributed by atoms with van der Waals surface area (Å²) < 4.78 is 41.2. The van der Waals surface area contributed by atoms with Gasteiger partial charge in [-0.15, -0.1) is 0 Å². The van der Waals surface area contributed by atoms with Gasteiger partial charge in [-0.05, 0) is 67.8 Å². The molecule has 32 heavy (non-hydrogen) atoms. The molecule has 1 unspecified atom stereocenters. The highest BCUT2D eigenvalue weighted by atomic mass is 35.5. The summed E-state index contributed by atoms with van der Waals surface area (Å²) in [7, 11) is -4.10. The van der Waals surface area contributed by atoms with Crippen LogP contribution >= 0.6 is 11.6 Å². The molecule has 1 N–H and O–H groups in total. The molecule has 5 nitrogen and oxygen atoms in total. The summed E-state index contributed by atoms with van der Waals surface area (Å²) >= 11 is 5.89. The second-order valence-electron chi connectivity index (χ2n) is 7.56. The Morgan fingerprint density at radius 3 is 2.34 bits per heavy atom. The Morgan fingerprint density at radius 2 is 1.72 bits per heavy atom. The van der Waals surface area contributed by atoms with Crippen LogP contribution in [-0.4, -0.2) is 20.9 Å². The van der Waals surface area contributed by atoms with Crippen LogP contribution in [0.4, 0.5) is 10.1 Å². The zero-order valence-corrected chi connectivity index (χ0v) is 19.5. The maximum Gasteiger partial charge on any atom is 0.264 e. The van der Waals surface area contributed by atoms with E-state index in [9.17, 15) is 17.6 Å². The standard InChI is InChI=1S/C24H24ClFN2O3S/c1-16-9-10-19(13-17(16)2)18(3)27-24(29)15-28(20-11-12-23(26)22(25)14-20)32(30,31)21-7-5-4-6-8-21/h4-14,18H,15H2,1-3H3,(H,27,29). The number of hydrogen-bond donors (Lipinski definition) is 1. The molecule has 168 valence electrons. The Hall–Kier alpha value is -2.90. The SMILES string of the molecule is Cc1ccc(C(C)NC(=O)CN(c2ccc(F)c(Cl)c2)S(=O)(=O)c2ccccc2)cc1C. The van der Waals surface area contributed by atoms with Gasteiger partial charge in [0.05, 0.1) is 21.6 Å². The molecule has 0 saturated heterocycles. The van der Waals surface area contributed by atoms with Crippen molar-refractivity contribution in [3.05, 3.63) is 94.3 Å². The van der Waals surface area contributed by atoms with E-state index in [0.717, 1.165) is 27.1 Å². The van der Waals surface area contributed by atoms with Crippen molar-refractivity contribution in [2.75, 3.05) is 10.8 Å². The third-order valence-corrected chi connectivity index (χ3v) is 7.30. The summed E-state index contributed by atoms with van der Waals surface area (Å²) in [5, 5.41) is 2.60. The lowest BCUT2D eigenvalue weighted by atomic mass is 10.0. The van der Waals surface area contributed by atoms with Crippen LogP contribution < -0.4 is 9.62 Å². The molecule has 3 aromatic carbocycles. The molecule has 3 rings (SSSR count). The van der Waals surface area contributed by atoms with Crippen molar-refractivity contribution in [1.82, 2.24) is 5.32 Å². The number of nitrogens with one attached hydrogen (secondary N) is 1. The molecule has 0 aliphatic heterocycles. The molecule has 0 saturated carbocycles. The summed E-state index contributed by atoms with van der Waals surface area (Å²) in [6.45, 7) is 5.32. The van der Waals surface area contributed by atoms with Gasteiger partial charge in [0.25, 0.3) is 10.0 Å². The van der Waals surface area contributed by atoms with Gasteiger partial charge in [-0.25, -0.2) is 12.8 Å². The van der Waals surface area contributed by atoms with E-state index in [4.69, 9.17) is 11.6 Å². The number of carbonyl (C=O) groups excluding carboxylic acids is 1. The first kappa shape index (κ1) is 23.8.